The van der Waals surface area contributed by atoms with Crippen LogP contribution in [0.1, 0.15) is 25.2 Å². The van der Waals surface area contributed by atoms with E-state index in [0.29, 0.717) is 34.1 Å². The molecule has 0 fully saturated rings. The van der Waals surface area contributed by atoms with Crippen LogP contribution in [0.4, 0.5) is 0 Å². The molecule has 0 radical (unpaired) electrons. The summed E-state index contributed by atoms with van der Waals surface area (Å²) in [6.07, 6.45) is 1.60. The second kappa shape index (κ2) is 7.83. The number of carbonyl (C=O) groups excluding carboxylic acids is 2. The number of ether oxygens (including phenoxy) is 1. The molecule has 1 aliphatic heterocycles. The van der Waals surface area contributed by atoms with Crippen LogP contribution in [0.25, 0.3) is 5.57 Å². The number of imide groups is 1. The number of methoxy groups -OCH3 is 1. The molecular formula is C20H21NO4S. The Hall–Kier alpha value is -2.47. The molecule has 0 saturated carbocycles. The molecule has 0 saturated heterocycles. The summed E-state index contributed by atoms with van der Waals surface area (Å²) in [5.74, 6) is 1.48. The van der Waals surface area contributed by atoms with Crippen molar-refractivity contribution >= 4 is 29.1 Å². The summed E-state index contributed by atoms with van der Waals surface area (Å²) in [7, 11) is 1.56. The first-order valence-electron chi connectivity index (χ1n) is 8.42. The molecule has 2 heterocycles. The molecule has 0 aliphatic carbocycles. The SMILES string of the molecule is COc1ccccc1C1=C(SCc2ccco2)C(=O)N(CC(C)C)C1=O. The number of nitrogens with zero attached hydrogens (tertiary/aromatic N) is 1. The molecule has 5 nitrogen and oxygen atoms in total. The number of carbonyl (C=O) groups is 2. The molecule has 136 valence electrons. The third-order valence-corrected chi connectivity index (χ3v) is 5.08. The number of rotatable bonds is 7. The molecule has 0 atom stereocenters. The average Bonchev–Trinajstić information content (AvgIpc) is 3.22. The minimum atomic E-state index is -0.268. The van der Waals surface area contributed by atoms with Gasteiger partial charge in [-0.3, -0.25) is 14.5 Å². The lowest BCUT2D eigenvalue weighted by Crippen LogP contribution is -2.34. The Kier molecular flexibility index (Phi) is 5.52. The molecule has 0 N–H and O–H groups in total. The van der Waals surface area contributed by atoms with Gasteiger partial charge in [-0.05, 0) is 24.1 Å². The lowest BCUT2D eigenvalue weighted by molar-refractivity contribution is -0.137. The number of furan rings is 1. The van der Waals surface area contributed by atoms with Crippen molar-refractivity contribution in [3.8, 4) is 5.75 Å². The number of amides is 2. The molecule has 0 bridgehead atoms. The van der Waals surface area contributed by atoms with Gasteiger partial charge in [-0.15, -0.1) is 11.8 Å². The van der Waals surface area contributed by atoms with Crippen molar-refractivity contribution in [2.24, 2.45) is 5.92 Å². The third-order valence-electron chi connectivity index (χ3n) is 3.99. The molecule has 1 aliphatic rings. The highest BCUT2D eigenvalue weighted by molar-refractivity contribution is 8.03. The molecule has 0 spiro atoms. The third kappa shape index (κ3) is 3.55. The van der Waals surface area contributed by atoms with E-state index in [9.17, 15) is 9.59 Å². The molecule has 2 amide bonds. The maximum atomic E-state index is 13.0. The summed E-state index contributed by atoms with van der Waals surface area (Å²) in [6.45, 7) is 4.36. The number of hydrogen-bond acceptors (Lipinski definition) is 5. The Morgan fingerprint density at radius 1 is 1.12 bits per heavy atom. The largest absolute Gasteiger partial charge is 0.496 e. The van der Waals surface area contributed by atoms with Gasteiger partial charge in [-0.25, -0.2) is 0 Å². The zero-order valence-corrected chi connectivity index (χ0v) is 15.8. The normalized spacial score (nSPS) is 14.7. The minimum Gasteiger partial charge on any atom is -0.496 e. The van der Waals surface area contributed by atoms with Crippen molar-refractivity contribution in [3.63, 3.8) is 0 Å². The first kappa shape index (κ1) is 18.3. The van der Waals surface area contributed by atoms with Crippen LogP contribution < -0.4 is 4.74 Å². The van der Waals surface area contributed by atoms with Crippen LogP contribution in [0, 0.1) is 5.92 Å². The van der Waals surface area contributed by atoms with Gasteiger partial charge < -0.3 is 9.15 Å². The van der Waals surface area contributed by atoms with Gasteiger partial charge in [-0.1, -0.05) is 32.0 Å². The van der Waals surface area contributed by atoms with Crippen molar-refractivity contribution in [2.75, 3.05) is 13.7 Å². The van der Waals surface area contributed by atoms with E-state index in [1.54, 1.807) is 25.5 Å². The number of thioether (sulfide) groups is 1. The van der Waals surface area contributed by atoms with Crippen molar-refractivity contribution in [1.29, 1.82) is 0 Å². The zero-order valence-electron chi connectivity index (χ0n) is 15.0. The van der Waals surface area contributed by atoms with Gasteiger partial charge in [0.1, 0.15) is 11.5 Å². The monoisotopic (exact) mass is 371 g/mol. The van der Waals surface area contributed by atoms with Crippen LogP contribution in [-0.4, -0.2) is 30.4 Å². The molecule has 1 aromatic heterocycles. The molecular weight excluding hydrogens is 350 g/mol. The maximum Gasteiger partial charge on any atom is 0.268 e. The van der Waals surface area contributed by atoms with Crippen LogP contribution in [0.2, 0.25) is 0 Å². The van der Waals surface area contributed by atoms with Gasteiger partial charge in [0.25, 0.3) is 11.8 Å². The summed E-state index contributed by atoms with van der Waals surface area (Å²) in [5.41, 5.74) is 1.05. The van der Waals surface area contributed by atoms with Crippen molar-refractivity contribution in [3.05, 3.63) is 58.9 Å². The van der Waals surface area contributed by atoms with E-state index in [1.165, 1.54) is 16.7 Å². The fourth-order valence-electron chi connectivity index (χ4n) is 2.85. The summed E-state index contributed by atoms with van der Waals surface area (Å²) in [5, 5.41) is 0. The van der Waals surface area contributed by atoms with E-state index in [4.69, 9.17) is 9.15 Å². The molecule has 1 aromatic carbocycles. The quantitative estimate of drug-likeness (QED) is 0.690. The molecule has 26 heavy (non-hydrogen) atoms. The van der Waals surface area contributed by atoms with Crippen molar-refractivity contribution in [2.45, 2.75) is 19.6 Å². The van der Waals surface area contributed by atoms with Crippen LogP contribution in [-0.2, 0) is 15.3 Å². The highest BCUT2D eigenvalue weighted by Gasteiger charge is 2.40. The van der Waals surface area contributed by atoms with E-state index in [2.05, 4.69) is 0 Å². The first-order chi connectivity index (χ1) is 12.5. The predicted molar refractivity (Wildman–Crippen MR) is 101 cm³/mol. The van der Waals surface area contributed by atoms with Gasteiger partial charge in [0.15, 0.2) is 0 Å². The minimum absolute atomic E-state index is 0.191. The Balaban J connectivity index is 2.02. The van der Waals surface area contributed by atoms with Gasteiger partial charge in [0, 0.05) is 12.1 Å². The van der Waals surface area contributed by atoms with Crippen LogP contribution in [0.5, 0.6) is 5.75 Å². The second-order valence-electron chi connectivity index (χ2n) is 6.39. The van der Waals surface area contributed by atoms with E-state index in [0.717, 1.165) is 5.76 Å². The average molecular weight is 371 g/mol. The van der Waals surface area contributed by atoms with Crippen molar-refractivity contribution in [1.82, 2.24) is 4.90 Å². The number of para-hydroxylation sites is 1. The Labute approximate surface area is 157 Å². The smallest absolute Gasteiger partial charge is 0.268 e. The second-order valence-corrected chi connectivity index (χ2v) is 7.37. The standard InChI is InChI=1S/C20H21NO4S/c1-13(2)11-21-19(22)17(15-8-4-5-9-16(15)24-3)18(20(21)23)26-12-14-7-6-10-25-14/h4-10,13H,11-12H2,1-3H3. The maximum absolute atomic E-state index is 13.0. The van der Waals surface area contributed by atoms with Gasteiger partial charge >= 0.3 is 0 Å². The zero-order chi connectivity index (χ0) is 18.7. The molecule has 0 unspecified atom stereocenters. The first-order valence-corrected chi connectivity index (χ1v) is 9.40. The topological polar surface area (TPSA) is 59.8 Å². The van der Waals surface area contributed by atoms with Gasteiger partial charge in [-0.2, -0.15) is 0 Å². The molecule has 3 rings (SSSR count). The lowest BCUT2D eigenvalue weighted by atomic mass is 10.0. The highest BCUT2D eigenvalue weighted by Crippen LogP contribution is 2.40. The summed E-state index contributed by atoms with van der Waals surface area (Å²) in [6, 6.07) is 10.9. The van der Waals surface area contributed by atoms with Gasteiger partial charge in [0.2, 0.25) is 0 Å². The van der Waals surface area contributed by atoms with E-state index >= 15 is 0 Å². The lowest BCUT2D eigenvalue weighted by Gasteiger charge is -2.17. The highest BCUT2D eigenvalue weighted by atomic mass is 32.2. The summed E-state index contributed by atoms with van der Waals surface area (Å²) in [4.78, 5) is 27.8. The Bertz CT molecular complexity index is 839. The molecule has 2 aromatic rings. The van der Waals surface area contributed by atoms with E-state index in [-0.39, 0.29) is 17.7 Å². The summed E-state index contributed by atoms with van der Waals surface area (Å²) >= 11 is 1.32. The van der Waals surface area contributed by atoms with E-state index in [1.807, 2.05) is 38.1 Å². The predicted octanol–water partition coefficient (Wildman–Crippen LogP) is 3.96. The van der Waals surface area contributed by atoms with Crippen molar-refractivity contribution < 1.29 is 18.7 Å². The fraction of sp³-hybridized carbons (Fsp3) is 0.300. The number of benzene rings is 1. The van der Waals surface area contributed by atoms with Gasteiger partial charge in [0.05, 0.1) is 29.6 Å². The van der Waals surface area contributed by atoms with Crippen LogP contribution >= 0.6 is 11.8 Å². The molecule has 6 heteroatoms. The van der Waals surface area contributed by atoms with E-state index < -0.39 is 0 Å². The fourth-order valence-corrected chi connectivity index (χ4v) is 3.87. The number of hydrogen-bond donors (Lipinski definition) is 0. The Morgan fingerprint density at radius 2 is 1.88 bits per heavy atom. The van der Waals surface area contributed by atoms with Crippen LogP contribution in [0.3, 0.4) is 0 Å². The van der Waals surface area contributed by atoms with Crippen LogP contribution in [0.15, 0.2) is 52.0 Å². The Morgan fingerprint density at radius 3 is 2.54 bits per heavy atom. The summed E-state index contributed by atoms with van der Waals surface area (Å²) < 4.78 is 10.8.